The Kier molecular flexibility index (Phi) is 17.0. The molecule has 2 aromatic carbocycles. The van der Waals surface area contributed by atoms with E-state index in [0.717, 1.165) is 0 Å². The number of rotatable bonds is 15. The van der Waals surface area contributed by atoms with Crippen LogP contribution < -0.4 is 20.7 Å². The number of likely N-dealkylation sites (tertiary alicyclic amines) is 1. The number of ether oxygens (including phenoxy) is 4. The van der Waals surface area contributed by atoms with Crippen LogP contribution in [0.1, 0.15) is 102 Å². The summed E-state index contributed by atoms with van der Waals surface area (Å²) in [7, 11) is -3.94. The number of esters is 2. The van der Waals surface area contributed by atoms with Gasteiger partial charge in [-0.25, -0.2) is 32.4 Å². The van der Waals surface area contributed by atoms with Crippen LogP contribution in [0, 0.1) is 11.3 Å². The second kappa shape index (κ2) is 21.6. The monoisotopic (exact) mass is 938 g/mol. The highest BCUT2D eigenvalue weighted by Gasteiger charge is 2.62. The number of isocyanates is 1. The molecule has 5 amide bonds. The number of nitrogens with zero attached hydrogens (tertiary/aromatic N) is 2. The van der Waals surface area contributed by atoms with Crippen LogP contribution in [0.2, 0.25) is 0 Å². The summed E-state index contributed by atoms with van der Waals surface area (Å²) in [6.45, 7) is 17.4. The van der Waals surface area contributed by atoms with Gasteiger partial charge in [-0.15, -0.1) is 6.58 Å². The average Bonchev–Trinajstić information content (AvgIpc) is 4.16. The summed E-state index contributed by atoms with van der Waals surface area (Å²) in [5, 5.41) is 7.14. The second-order valence-electron chi connectivity index (χ2n) is 17.8. The van der Waals surface area contributed by atoms with E-state index >= 15 is 0 Å². The predicted octanol–water partition coefficient (Wildman–Crippen LogP) is 4.82. The molecule has 0 spiro atoms. The molecule has 4 N–H and O–H groups in total. The number of carbonyl (C=O) groups is 7. The normalized spacial score (nSPS) is 20.3. The number of benzene rings is 2. The zero-order valence-corrected chi connectivity index (χ0v) is 39.1. The Hall–Kier alpha value is -6.60. The molecular weight excluding hydrogens is 881 g/mol. The molecule has 66 heavy (non-hydrogen) atoms. The summed E-state index contributed by atoms with van der Waals surface area (Å²) >= 11 is 0. The first-order valence-corrected chi connectivity index (χ1v) is 22.8. The lowest BCUT2D eigenvalue weighted by molar-refractivity contribution is -0.143. The molecule has 3 aliphatic rings. The maximum absolute atomic E-state index is 14.3. The molecule has 1 unspecified atom stereocenters. The van der Waals surface area contributed by atoms with Crippen molar-refractivity contribution in [2.45, 2.75) is 116 Å². The number of nitrogens with one attached hydrogen (secondary N) is 4. The van der Waals surface area contributed by atoms with Crippen molar-refractivity contribution in [3.05, 3.63) is 72.3 Å². The van der Waals surface area contributed by atoms with E-state index in [1.807, 2.05) is 0 Å². The van der Waals surface area contributed by atoms with E-state index in [-0.39, 0.29) is 37.2 Å². The lowest BCUT2D eigenvalue weighted by atomic mass is 9.85. The Morgan fingerprint density at radius 3 is 2.06 bits per heavy atom. The van der Waals surface area contributed by atoms with Crippen LogP contribution in [0.25, 0.3) is 0 Å². The van der Waals surface area contributed by atoms with Crippen LogP contribution in [0.4, 0.5) is 21.0 Å². The molecule has 5 rings (SSSR count). The molecule has 2 saturated carbocycles. The Balaban J connectivity index is 0.000000579. The molecule has 5 atom stereocenters. The van der Waals surface area contributed by atoms with Gasteiger partial charge in [0.25, 0.3) is 5.91 Å². The van der Waals surface area contributed by atoms with Crippen LogP contribution >= 0.6 is 0 Å². The number of alkyl carbamates (subject to hydrolysis) is 1. The van der Waals surface area contributed by atoms with Crippen molar-refractivity contribution in [1.82, 2.24) is 20.3 Å². The third-order valence-electron chi connectivity index (χ3n) is 10.3. The second-order valence-corrected chi connectivity index (χ2v) is 19.8. The standard InChI is InChI=1S/C35H49N5O11S.C10H9NO3/c1-9-21-18-35(21,30(44)39-52(47,48)24-14-15-24)38-27(41)25-17-23(50-31(45)36-22-13-11-12-20(16-22)29(43)49-10-2)19-40(25)28(42)26(33(3,4)5)37-32(46)51-34(6,7)8;1-2-14-10(13)8-4-3-5-9(6-8)11-7-12/h9,11-13,16,21,23-26H,1,10,14-15,17-19H2,2-8H3,(H,36,45)(H,37,46)(H,38,41)(H,39,44);3-6H,2H2,1H3/t21?,23-,25+,26-,35-;/m1./s1. The Bertz CT molecular complexity index is 2350. The predicted molar refractivity (Wildman–Crippen MR) is 238 cm³/mol. The molecule has 2 aliphatic carbocycles. The summed E-state index contributed by atoms with van der Waals surface area (Å²) < 4.78 is 48.1. The van der Waals surface area contributed by atoms with Gasteiger partial charge >= 0.3 is 24.1 Å². The third kappa shape index (κ3) is 14.2. The van der Waals surface area contributed by atoms with Crippen LogP contribution in [0.5, 0.6) is 0 Å². The van der Waals surface area contributed by atoms with Gasteiger partial charge in [0.1, 0.15) is 29.3 Å². The number of hydrogen-bond donors (Lipinski definition) is 4. The van der Waals surface area contributed by atoms with Crippen LogP contribution in [0.3, 0.4) is 0 Å². The molecule has 0 radical (unpaired) electrons. The molecule has 358 valence electrons. The minimum absolute atomic E-state index is 0.0763. The maximum atomic E-state index is 14.3. The van der Waals surface area contributed by atoms with Crippen molar-refractivity contribution >= 4 is 69.3 Å². The van der Waals surface area contributed by atoms with E-state index in [4.69, 9.17) is 18.9 Å². The smallest absolute Gasteiger partial charge is 0.411 e. The number of anilines is 1. The van der Waals surface area contributed by atoms with Crippen molar-refractivity contribution in [2.24, 2.45) is 16.3 Å². The lowest BCUT2D eigenvalue weighted by Crippen LogP contribution is -2.60. The van der Waals surface area contributed by atoms with Gasteiger partial charge in [0.2, 0.25) is 27.9 Å². The SMILES string of the molecule is C=CC1C[C@]1(NC(=O)[C@@H]1C[C@@H](OC(=O)Nc2cccc(C(=O)OCC)c2)CN1C(=O)[C@@H](NC(=O)OC(C)(C)C)C(C)(C)C)C(=O)NS(=O)(=O)C1CC1.CCOC(=O)c1cccc(N=C=O)c1. The van der Waals surface area contributed by atoms with Crippen molar-refractivity contribution < 1.29 is 65.7 Å². The van der Waals surface area contributed by atoms with Gasteiger partial charge in [0, 0.05) is 18.0 Å². The van der Waals surface area contributed by atoms with Crippen molar-refractivity contribution in [1.29, 1.82) is 0 Å². The van der Waals surface area contributed by atoms with Gasteiger partial charge in [0.15, 0.2) is 0 Å². The fourth-order valence-corrected chi connectivity index (χ4v) is 8.20. The first-order valence-electron chi connectivity index (χ1n) is 21.3. The Morgan fingerprint density at radius 1 is 0.924 bits per heavy atom. The highest BCUT2D eigenvalue weighted by Crippen LogP contribution is 2.45. The minimum atomic E-state index is -3.94. The Morgan fingerprint density at radius 2 is 1.53 bits per heavy atom. The number of carbonyl (C=O) groups excluding carboxylic acids is 8. The zero-order valence-electron chi connectivity index (χ0n) is 38.3. The molecule has 1 aliphatic heterocycles. The molecule has 0 aromatic heterocycles. The lowest BCUT2D eigenvalue weighted by Gasteiger charge is -2.36. The van der Waals surface area contributed by atoms with E-state index in [2.05, 4.69) is 32.2 Å². The number of aliphatic imine (C=N–C) groups is 1. The average molecular weight is 939 g/mol. The van der Waals surface area contributed by atoms with E-state index < -0.39 is 97.8 Å². The van der Waals surface area contributed by atoms with Gasteiger partial charge in [-0.1, -0.05) is 39.0 Å². The summed E-state index contributed by atoms with van der Waals surface area (Å²) in [4.78, 5) is 106. The van der Waals surface area contributed by atoms with Crippen molar-refractivity contribution in [3.63, 3.8) is 0 Å². The van der Waals surface area contributed by atoms with Gasteiger partial charge in [-0.3, -0.25) is 24.4 Å². The largest absolute Gasteiger partial charge is 0.462 e. The summed E-state index contributed by atoms with van der Waals surface area (Å²) in [6.07, 6.45) is 0.724. The zero-order chi connectivity index (χ0) is 49.2. The summed E-state index contributed by atoms with van der Waals surface area (Å²) in [6, 6.07) is 9.77. The van der Waals surface area contributed by atoms with E-state index in [1.54, 1.807) is 79.7 Å². The molecule has 1 saturated heterocycles. The molecular formula is C45H58N6O14S. The maximum Gasteiger partial charge on any atom is 0.411 e. The third-order valence-corrected chi connectivity index (χ3v) is 12.1. The van der Waals surface area contributed by atoms with Crippen LogP contribution in [-0.2, 0) is 48.1 Å². The molecule has 1 heterocycles. The number of amides is 5. The van der Waals surface area contributed by atoms with Gasteiger partial charge in [-0.2, -0.15) is 4.99 Å². The highest BCUT2D eigenvalue weighted by atomic mass is 32.2. The topological polar surface area (TPSA) is 271 Å². The fourth-order valence-electron chi connectivity index (χ4n) is 6.84. The first-order chi connectivity index (χ1) is 30.9. The summed E-state index contributed by atoms with van der Waals surface area (Å²) in [5.41, 5.74) is -2.20. The van der Waals surface area contributed by atoms with E-state index in [9.17, 15) is 46.8 Å². The van der Waals surface area contributed by atoms with Crippen molar-refractivity contribution in [2.75, 3.05) is 25.1 Å². The van der Waals surface area contributed by atoms with Crippen LogP contribution in [0.15, 0.2) is 66.2 Å². The highest BCUT2D eigenvalue weighted by molar-refractivity contribution is 7.91. The summed E-state index contributed by atoms with van der Waals surface area (Å²) in [5.74, 6) is -3.98. The fraction of sp³-hybridized carbons (Fsp3) is 0.511. The molecule has 21 heteroatoms. The molecule has 2 aromatic rings. The van der Waals surface area contributed by atoms with Gasteiger partial charge in [-0.05, 0) is 95.7 Å². The van der Waals surface area contributed by atoms with E-state index in [0.29, 0.717) is 30.7 Å². The first kappa shape index (κ1) is 52.0. The van der Waals surface area contributed by atoms with Gasteiger partial charge < -0.3 is 34.5 Å². The van der Waals surface area contributed by atoms with Crippen LogP contribution in [-0.4, -0.2) is 116 Å². The molecule has 0 bridgehead atoms. The molecule has 3 fully saturated rings. The number of sulfonamides is 1. The van der Waals surface area contributed by atoms with Gasteiger partial charge in [0.05, 0.1) is 41.8 Å². The Labute approximate surface area is 383 Å². The number of hydrogen-bond acceptors (Lipinski definition) is 15. The molecule has 20 nitrogen and oxygen atoms in total. The quantitative estimate of drug-likeness (QED) is 0.0613. The minimum Gasteiger partial charge on any atom is -0.462 e. The van der Waals surface area contributed by atoms with Crippen molar-refractivity contribution in [3.8, 4) is 0 Å². The van der Waals surface area contributed by atoms with E-state index in [1.165, 1.54) is 41.3 Å².